The highest BCUT2D eigenvalue weighted by Gasteiger charge is 2.25. The van der Waals surface area contributed by atoms with Crippen molar-refractivity contribution in [2.45, 2.75) is 91.9 Å². The number of benzene rings is 8. The quantitative estimate of drug-likeness (QED) is 0.107. The van der Waals surface area contributed by atoms with Crippen molar-refractivity contribution in [2.24, 2.45) is 0 Å². The number of rotatable bonds is 9. The molecule has 0 unspecified atom stereocenters. The van der Waals surface area contributed by atoms with E-state index in [0.717, 1.165) is 84.1 Å². The van der Waals surface area contributed by atoms with E-state index in [4.69, 9.17) is 13.8 Å². The van der Waals surface area contributed by atoms with E-state index in [0.29, 0.717) is 22.7 Å². The average Bonchev–Trinajstić information content (AvgIpc) is 4.17. The number of pyridine rings is 1. The minimum absolute atomic E-state index is 0.0660. The monoisotopic (exact) mass is 958 g/mol. The molecule has 0 bridgehead atoms. The Labute approximate surface area is 438 Å². The lowest BCUT2D eigenvalue weighted by atomic mass is 9.78. The minimum atomic E-state index is -0.439. The number of para-hydroxylation sites is 4. The Bertz CT molecular complexity index is 4110. The molecule has 362 valence electrons. The summed E-state index contributed by atoms with van der Waals surface area (Å²) in [5, 5.41) is 2.22. The average molecular weight is 958 g/mol. The molecule has 0 aliphatic rings. The number of aromatic nitrogens is 4. The Morgan fingerprint density at radius 3 is 1.86 bits per heavy atom. The van der Waals surface area contributed by atoms with Gasteiger partial charge >= 0.3 is 0 Å². The van der Waals surface area contributed by atoms with Crippen LogP contribution in [0.25, 0.3) is 83.4 Å². The number of imidazole rings is 1. The third-order valence-electron chi connectivity index (χ3n) is 14.2. The van der Waals surface area contributed by atoms with Crippen molar-refractivity contribution in [1.82, 2.24) is 14.1 Å². The smallest absolute Gasteiger partial charge is 0.269 e. The van der Waals surface area contributed by atoms with Gasteiger partial charge in [-0.3, -0.25) is 13.7 Å². The molecule has 0 aliphatic heterocycles. The Morgan fingerprint density at radius 1 is 0.534 bits per heavy atom. The third-order valence-corrected chi connectivity index (χ3v) is 14.2. The lowest BCUT2D eigenvalue weighted by molar-refractivity contribution is -0.571. The number of nitrogens with zero attached hydrogens (tertiary/aromatic N) is 4. The van der Waals surface area contributed by atoms with Crippen LogP contribution >= 0.6 is 0 Å². The molecule has 0 fully saturated rings. The summed E-state index contributed by atoms with van der Waals surface area (Å²) in [6, 6.07) is 52.5. The summed E-state index contributed by atoms with van der Waals surface area (Å²) >= 11 is 0. The molecule has 5 nitrogen and oxygen atoms in total. The van der Waals surface area contributed by atoms with Crippen molar-refractivity contribution in [3.05, 3.63) is 223 Å². The second kappa shape index (κ2) is 18.2. The molecular weight excluding hydrogens is 889 g/mol. The van der Waals surface area contributed by atoms with Crippen LogP contribution in [0.1, 0.15) is 98.3 Å². The predicted octanol–water partition coefficient (Wildman–Crippen LogP) is 17.4. The van der Waals surface area contributed by atoms with E-state index in [1.807, 2.05) is 82.1 Å². The van der Waals surface area contributed by atoms with Gasteiger partial charge in [0, 0.05) is 28.6 Å². The van der Waals surface area contributed by atoms with E-state index in [-0.39, 0.29) is 33.9 Å². The molecule has 0 atom stereocenters. The molecule has 5 heteroatoms. The molecule has 3 heterocycles. The summed E-state index contributed by atoms with van der Waals surface area (Å²) in [5.41, 5.74) is 14.3. The van der Waals surface area contributed by atoms with Crippen molar-refractivity contribution < 1.29 is 16.2 Å². The normalized spacial score (nSPS) is 13.3. The van der Waals surface area contributed by atoms with E-state index >= 15 is 0 Å². The predicted molar refractivity (Wildman–Crippen MR) is 304 cm³/mol. The van der Waals surface area contributed by atoms with Crippen molar-refractivity contribution in [1.29, 1.82) is 0 Å². The van der Waals surface area contributed by atoms with Crippen LogP contribution in [0.3, 0.4) is 0 Å². The number of hydrogen-bond donors (Lipinski definition) is 0. The first-order chi connectivity index (χ1) is 37.1. The molecule has 0 saturated carbocycles. The molecular formula is C68H64N4O. The fourth-order valence-electron chi connectivity index (χ4n) is 10.1. The topological polar surface area (TPSA) is 35.9 Å². The third kappa shape index (κ3) is 8.92. The molecule has 0 saturated heterocycles. The second-order valence-corrected chi connectivity index (χ2v) is 22.3. The van der Waals surface area contributed by atoms with Gasteiger partial charge in [-0.25, -0.2) is 4.98 Å². The first kappa shape index (κ1) is 41.6. The van der Waals surface area contributed by atoms with Gasteiger partial charge in [-0.05, 0) is 115 Å². The molecule has 0 N–H and O–H groups in total. The molecule has 8 aromatic carbocycles. The molecule has 11 rings (SSSR count). The van der Waals surface area contributed by atoms with Crippen LogP contribution in [0.5, 0.6) is 11.5 Å². The summed E-state index contributed by atoms with van der Waals surface area (Å²) in [6.45, 7) is 22.2. The molecule has 73 heavy (non-hydrogen) atoms. The molecule has 0 radical (unpaired) electrons. The van der Waals surface area contributed by atoms with Gasteiger partial charge in [0.1, 0.15) is 17.3 Å². The maximum atomic E-state index is 9.24. The summed E-state index contributed by atoms with van der Waals surface area (Å²) in [6.07, 6.45) is 6.57. The van der Waals surface area contributed by atoms with E-state index in [1.165, 1.54) is 11.1 Å². The van der Waals surface area contributed by atoms with Crippen LogP contribution in [0.4, 0.5) is 0 Å². The zero-order chi connectivity index (χ0) is 55.2. The van der Waals surface area contributed by atoms with Crippen molar-refractivity contribution in [3.8, 4) is 62.1 Å². The largest absolute Gasteiger partial charge is 0.458 e. The van der Waals surface area contributed by atoms with Gasteiger partial charge in [-0.15, -0.1) is 0 Å². The Balaban J connectivity index is 1.04. The van der Waals surface area contributed by atoms with Gasteiger partial charge in [0.2, 0.25) is 0 Å². The summed E-state index contributed by atoms with van der Waals surface area (Å²) in [7, 11) is 0. The number of hydrogen-bond acceptors (Lipinski definition) is 2. The maximum absolute atomic E-state index is 9.24. The first-order valence-electron chi connectivity index (χ1n) is 27.8. The molecule has 0 amide bonds. The van der Waals surface area contributed by atoms with Crippen LogP contribution in [0, 0.1) is 6.33 Å². The van der Waals surface area contributed by atoms with Gasteiger partial charge < -0.3 is 4.74 Å². The van der Waals surface area contributed by atoms with Crippen molar-refractivity contribution in [3.63, 3.8) is 0 Å². The van der Waals surface area contributed by atoms with Crippen LogP contribution in [-0.2, 0) is 22.7 Å². The van der Waals surface area contributed by atoms with Crippen LogP contribution in [0.2, 0.25) is 0 Å². The van der Waals surface area contributed by atoms with Crippen LogP contribution < -0.4 is 9.30 Å². The maximum Gasteiger partial charge on any atom is 0.269 e. The number of fused-ring (bicyclic) bond motifs is 4. The Kier molecular flexibility index (Phi) is 10.4. The van der Waals surface area contributed by atoms with Crippen molar-refractivity contribution >= 4 is 32.8 Å². The van der Waals surface area contributed by atoms with Crippen LogP contribution in [-0.4, -0.2) is 14.1 Å². The Morgan fingerprint density at radius 2 is 1.16 bits per heavy atom. The highest BCUT2D eigenvalue weighted by atomic mass is 16.5. The standard InChI is InChI=1S/C68H64N4O/c1-11-45-39-64(69-43-59(45)47-31-33-49(34-32-47)66(2,3)4)72-60-28-16-15-25-57(60)58-36-35-54(42-63(58)72)73-53-24-19-23-52(41-53)70-44-71(62-30-18-17-29-61(62)70)65-55(46-21-13-12-14-22-46)26-20-27-56(65)48-37-50(67(5,6)7)40-51(38-48)68(8,9)10/h12-43H,11H2,1-10H3/i12D,13D,14D,21D,22D. The van der Waals surface area contributed by atoms with Gasteiger partial charge in [0.25, 0.3) is 6.33 Å². The molecule has 3 aromatic heterocycles. The highest BCUT2D eigenvalue weighted by molar-refractivity contribution is 6.09. The van der Waals surface area contributed by atoms with Gasteiger partial charge in [0.15, 0.2) is 0 Å². The Hall–Kier alpha value is -8.02. The number of aryl methyl sites for hydroxylation is 1. The summed E-state index contributed by atoms with van der Waals surface area (Å²) in [5.74, 6) is 2.12. The second-order valence-electron chi connectivity index (χ2n) is 22.3. The fourth-order valence-corrected chi connectivity index (χ4v) is 10.1. The van der Waals surface area contributed by atoms with Crippen molar-refractivity contribution in [2.75, 3.05) is 0 Å². The zero-order valence-electron chi connectivity index (χ0n) is 48.5. The SMILES string of the molecule is [2H]c1c([2H])c([2H])c(-c2cccc(-c3cc(C(C)(C)C)cc(C(C)(C)C)c3)c2-[n+]2[c-]n(-c3cccc(Oc4ccc5c6ccccc6n(-c6cc(CC)c(-c7ccc(C(C)(C)C)cc7)cn6)c5c4)c3)c3ccccc32)c([2H])c1[2H]. The molecule has 0 aliphatic carbocycles. The fraction of sp³-hybridized carbons (Fsp3) is 0.206. The summed E-state index contributed by atoms with van der Waals surface area (Å²) < 4.78 is 57.5. The van der Waals surface area contributed by atoms with Gasteiger partial charge in [-0.2, -0.15) is 0 Å². The molecule has 0 spiro atoms. The zero-order valence-corrected chi connectivity index (χ0v) is 43.5. The number of ether oxygens (including phenoxy) is 1. The lowest BCUT2D eigenvalue weighted by Gasteiger charge is -2.27. The van der Waals surface area contributed by atoms with E-state index in [2.05, 4.69) is 171 Å². The first-order valence-corrected chi connectivity index (χ1v) is 25.3. The van der Waals surface area contributed by atoms with E-state index in [1.54, 1.807) is 0 Å². The lowest BCUT2D eigenvalue weighted by Crippen LogP contribution is -2.31. The minimum Gasteiger partial charge on any atom is -0.458 e. The van der Waals surface area contributed by atoms with Gasteiger partial charge in [-0.1, -0.05) is 209 Å². The van der Waals surface area contributed by atoms with E-state index < -0.39 is 18.1 Å². The van der Waals surface area contributed by atoms with Crippen LogP contribution in [0.15, 0.2) is 194 Å². The highest BCUT2D eigenvalue weighted by Crippen LogP contribution is 2.40. The molecule has 11 aromatic rings. The summed E-state index contributed by atoms with van der Waals surface area (Å²) in [4.78, 5) is 5.15. The van der Waals surface area contributed by atoms with E-state index in [9.17, 15) is 2.74 Å². The van der Waals surface area contributed by atoms with Gasteiger partial charge in [0.05, 0.1) is 40.3 Å².